The molecule has 0 aliphatic rings. The molecule has 3 aromatic rings. The predicted molar refractivity (Wildman–Crippen MR) is 105 cm³/mol. The number of nitrogens with zero attached hydrogens (tertiary/aromatic N) is 3. The van der Waals surface area contributed by atoms with E-state index in [1.807, 2.05) is 45.9 Å². The second kappa shape index (κ2) is 7.19. The van der Waals surface area contributed by atoms with E-state index in [9.17, 15) is 9.59 Å². The summed E-state index contributed by atoms with van der Waals surface area (Å²) in [6.45, 7) is 7.41. The summed E-state index contributed by atoms with van der Waals surface area (Å²) in [4.78, 5) is 29.5. The number of anilines is 1. The highest BCUT2D eigenvalue weighted by molar-refractivity contribution is 6.08. The van der Waals surface area contributed by atoms with Crippen molar-refractivity contribution in [3.63, 3.8) is 0 Å². The van der Waals surface area contributed by atoms with Crippen LogP contribution in [0.5, 0.6) is 0 Å². The fourth-order valence-electron chi connectivity index (χ4n) is 3.20. The number of aryl methyl sites for hydroxylation is 5. The number of pyridine rings is 1. The summed E-state index contributed by atoms with van der Waals surface area (Å²) in [6, 6.07) is 7.52. The number of carbonyl (C=O) groups excluding carboxylic acids is 2. The van der Waals surface area contributed by atoms with Gasteiger partial charge in [-0.2, -0.15) is 5.10 Å². The van der Waals surface area contributed by atoms with Gasteiger partial charge < -0.3 is 10.6 Å². The van der Waals surface area contributed by atoms with Crippen LogP contribution in [0.1, 0.15) is 32.9 Å². The maximum atomic E-state index is 12.7. The molecule has 0 spiro atoms. The SMILES string of the molecule is Cc1cc(C(=O)NCC(=O)Nc2c(C)cccc2C)c2c(C)nn(C)c2n1. The molecule has 27 heavy (non-hydrogen) atoms. The number of aromatic nitrogens is 3. The number of carbonyl (C=O) groups is 2. The summed E-state index contributed by atoms with van der Waals surface area (Å²) in [5.74, 6) is -0.594. The van der Waals surface area contributed by atoms with Gasteiger partial charge in [0, 0.05) is 18.4 Å². The first-order chi connectivity index (χ1) is 12.8. The average molecular weight is 365 g/mol. The zero-order valence-corrected chi connectivity index (χ0v) is 16.2. The molecule has 2 aromatic heterocycles. The molecule has 7 heteroatoms. The lowest BCUT2D eigenvalue weighted by molar-refractivity contribution is -0.115. The van der Waals surface area contributed by atoms with Gasteiger partial charge in [-0.1, -0.05) is 18.2 Å². The standard InChI is InChI=1S/C20H23N5O2/c1-11-7-6-8-12(2)18(11)23-16(26)10-21-20(27)15-9-13(3)22-19-17(15)14(4)24-25(19)5/h6-9H,10H2,1-5H3,(H,21,27)(H,23,26). The molecule has 0 radical (unpaired) electrons. The van der Waals surface area contributed by atoms with Crippen LogP contribution in [0.2, 0.25) is 0 Å². The minimum absolute atomic E-state index is 0.116. The normalized spacial score (nSPS) is 10.9. The first kappa shape index (κ1) is 18.6. The third-order valence-electron chi connectivity index (χ3n) is 4.50. The molecule has 2 heterocycles. The first-order valence-electron chi connectivity index (χ1n) is 8.73. The van der Waals surface area contributed by atoms with Gasteiger partial charge in [-0.15, -0.1) is 0 Å². The third-order valence-corrected chi connectivity index (χ3v) is 4.50. The molecule has 0 aliphatic heterocycles. The summed E-state index contributed by atoms with van der Waals surface area (Å²) in [7, 11) is 1.79. The van der Waals surface area contributed by atoms with E-state index in [0.717, 1.165) is 28.2 Å². The van der Waals surface area contributed by atoms with Crippen molar-refractivity contribution >= 4 is 28.5 Å². The number of nitrogens with one attached hydrogen (secondary N) is 2. The fourth-order valence-corrected chi connectivity index (χ4v) is 3.20. The van der Waals surface area contributed by atoms with Crippen molar-refractivity contribution in [1.29, 1.82) is 0 Å². The van der Waals surface area contributed by atoms with E-state index >= 15 is 0 Å². The highest BCUT2D eigenvalue weighted by atomic mass is 16.2. The topological polar surface area (TPSA) is 88.9 Å². The van der Waals surface area contributed by atoms with Crippen LogP contribution >= 0.6 is 0 Å². The van der Waals surface area contributed by atoms with Gasteiger partial charge in [-0.05, 0) is 44.9 Å². The van der Waals surface area contributed by atoms with Gasteiger partial charge in [-0.25, -0.2) is 4.98 Å². The van der Waals surface area contributed by atoms with Crippen LogP contribution in [0.25, 0.3) is 11.0 Å². The van der Waals surface area contributed by atoms with Crippen molar-refractivity contribution in [2.75, 3.05) is 11.9 Å². The molecule has 7 nitrogen and oxygen atoms in total. The van der Waals surface area contributed by atoms with Gasteiger partial charge in [0.1, 0.15) is 0 Å². The van der Waals surface area contributed by atoms with E-state index in [2.05, 4.69) is 20.7 Å². The molecule has 140 valence electrons. The minimum Gasteiger partial charge on any atom is -0.343 e. The van der Waals surface area contributed by atoms with Gasteiger partial charge in [0.15, 0.2) is 5.65 Å². The maximum absolute atomic E-state index is 12.7. The molecule has 3 rings (SSSR count). The lowest BCUT2D eigenvalue weighted by Crippen LogP contribution is -2.33. The van der Waals surface area contributed by atoms with Crippen molar-refractivity contribution in [1.82, 2.24) is 20.1 Å². The maximum Gasteiger partial charge on any atom is 0.252 e. The Hall–Kier alpha value is -3.22. The van der Waals surface area contributed by atoms with E-state index in [1.165, 1.54) is 0 Å². The smallest absolute Gasteiger partial charge is 0.252 e. The van der Waals surface area contributed by atoms with Gasteiger partial charge in [0.05, 0.1) is 23.2 Å². The summed E-state index contributed by atoms with van der Waals surface area (Å²) in [6.07, 6.45) is 0. The molecule has 0 saturated carbocycles. The van der Waals surface area contributed by atoms with Crippen molar-refractivity contribution in [3.8, 4) is 0 Å². The fraction of sp³-hybridized carbons (Fsp3) is 0.300. The van der Waals surface area contributed by atoms with Crippen molar-refractivity contribution in [2.45, 2.75) is 27.7 Å². The van der Waals surface area contributed by atoms with Gasteiger partial charge >= 0.3 is 0 Å². The average Bonchev–Trinajstić information content (AvgIpc) is 2.89. The predicted octanol–water partition coefficient (Wildman–Crippen LogP) is 2.57. The Morgan fingerprint density at radius 2 is 1.78 bits per heavy atom. The largest absolute Gasteiger partial charge is 0.343 e. The second-order valence-electron chi connectivity index (χ2n) is 6.72. The Bertz CT molecular complexity index is 1030. The second-order valence-corrected chi connectivity index (χ2v) is 6.72. The van der Waals surface area contributed by atoms with Crippen LogP contribution in [-0.4, -0.2) is 33.1 Å². The summed E-state index contributed by atoms with van der Waals surface area (Å²) >= 11 is 0. The Morgan fingerprint density at radius 1 is 1.11 bits per heavy atom. The van der Waals surface area contributed by atoms with Gasteiger partial charge in [0.25, 0.3) is 5.91 Å². The number of para-hydroxylation sites is 1. The van der Waals surface area contributed by atoms with E-state index in [1.54, 1.807) is 17.8 Å². The van der Waals surface area contributed by atoms with Crippen LogP contribution < -0.4 is 10.6 Å². The molecule has 0 aliphatic carbocycles. The molecule has 0 atom stereocenters. The zero-order chi connectivity index (χ0) is 19.7. The Labute approximate surface area is 157 Å². The molecule has 1 aromatic carbocycles. The number of fused-ring (bicyclic) bond motifs is 1. The van der Waals surface area contributed by atoms with Crippen LogP contribution in [0, 0.1) is 27.7 Å². The Balaban J connectivity index is 1.77. The number of benzene rings is 1. The number of hydrogen-bond donors (Lipinski definition) is 2. The molecular formula is C20H23N5O2. The van der Waals surface area contributed by atoms with E-state index in [-0.39, 0.29) is 18.4 Å². The van der Waals surface area contributed by atoms with Gasteiger partial charge in [0.2, 0.25) is 5.91 Å². The highest BCUT2D eigenvalue weighted by Gasteiger charge is 2.18. The molecule has 0 bridgehead atoms. The Kier molecular flexibility index (Phi) is 4.94. The number of amides is 2. The van der Waals surface area contributed by atoms with Crippen LogP contribution in [0.3, 0.4) is 0 Å². The van der Waals surface area contributed by atoms with Crippen LogP contribution in [-0.2, 0) is 11.8 Å². The molecule has 0 unspecified atom stereocenters. The molecule has 2 amide bonds. The molecule has 2 N–H and O–H groups in total. The van der Waals surface area contributed by atoms with E-state index in [4.69, 9.17) is 0 Å². The quantitative estimate of drug-likeness (QED) is 0.744. The summed E-state index contributed by atoms with van der Waals surface area (Å²) < 4.78 is 1.65. The molecule has 0 saturated heterocycles. The van der Waals surface area contributed by atoms with Crippen molar-refractivity contribution in [3.05, 3.63) is 52.3 Å². The Morgan fingerprint density at radius 3 is 2.44 bits per heavy atom. The lowest BCUT2D eigenvalue weighted by atomic mass is 10.1. The first-order valence-corrected chi connectivity index (χ1v) is 8.73. The zero-order valence-electron chi connectivity index (χ0n) is 16.2. The summed E-state index contributed by atoms with van der Waals surface area (Å²) in [5, 5.41) is 10.6. The van der Waals surface area contributed by atoms with Gasteiger partial charge in [-0.3, -0.25) is 14.3 Å². The summed E-state index contributed by atoms with van der Waals surface area (Å²) in [5.41, 5.74) is 5.31. The molecule has 0 fully saturated rings. The van der Waals surface area contributed by atoms with Crippen LogP contribution in [0.15, 0.2) is 24.3 Å². The number of hydrogen-bond acceptors (Lipinski definition) is 4. The van der Waals surface area contributed by atoms with E-state index in [0.29, 0.717) is 16.6 Å². The van der Waals surface area contributed by atoms with Crippen molar-refractivity contribution in [2.24, 2.45) is 7.05 Å². The highest BCUT2D eigenvalue weighted by Crippen LogP contribution is 2.22. The molecular weight excluding hydrogens is 342 g/mol. The van der Waals surface area contributed by atoms with Crippen molar-refractivity contribution < 1.29 is 9.59 Å². The van der Waals surface area contributed by atoms with Crippen LogP contribution in [0.4, 0.5) is 5.69 Å². The lowest BCUT2D eigenvalue weighted by Gasteiger charge is -2.12. The van der Waals surface area contributed by atoms with E-state index < -0.39 is 0 Å². The monoisotopic (exact) mass is 365 g/mol. The minimum atomic E-state index is -0.321. The number of rotatable bonds is 4. The third kappa shape index (κ3) is 3.67.